The summed E-state index contributed by atoms with van der Waals surface area (Å²) in [5, 5.41) is 0. The summed E-state index contributed by atoms with van der Waals surface area (Å²) in [5.41, 5.74) is 1.68. The third-order valence-electron chi connectivity index (χ3n) is 5.28. The van der Waals surface area contributed by atoms with Gasteiger partial charge in [-0.05, 0) is 48.9 Å². The number of thioether (sulfide) groups is 1. The smallest absolute Gasteiger partial charge is 0.243 e. The van der Waals surface area contributed by atoms with Crippen molar-refractivity contribution in [3.63, 3.8) is 0 Å². The third kappa shape index (κ3) is 4.74. The zero-order chi connectivity index (χ0) is 21.8. The van der Waals surface area contributed by atoms with Crippen LogP contribution in [0.25, 0.3) is 11.0 Å². The summed E-state index contributed by atoms with van der Waals surface area (Å²) in [6, 6.07) is 13.2. The molecule has 0 aliphatic carbocycles. The van der Waals surface area contributed by atoms with Crippen LogP contribution in [0.2, 0.25) is 0 Å². The van der Waals surface area contributed by atoms with Crippen LogP contribution >= 0.6 is 11.8 Å². The lowest BCUT2D eigenvalue weighted by Gasteiger charge is -2.26. The quantitative estimate of drug-likeness (QED) is 0.476. The van der Waals surface area contributed by atoms with E-state index in [1.807, 2.05) is 30.3 Å². The summed E-state index contributed by atoms with van der Waals surface area (Å²) in [7, 11) is -1.89. The summed E-state index contributed by atoms with van der Waals surface area (Å²) in [6.45, 7) is 4.59. The Hall–Kier alpha value is -2.07. The normalized spacial score (nSPS) is 15.4. The fraction of sp³-hybridized carbons (Fsp3) is 0.409. The number of benzene rings is 2. The Balaban J connectivity index is 1.61. The maximum atomic E-state index is 13.0. The SMILES string of the molecule is CCCn1c(CSc2ccc(OC)cc2)nc2cc(S(=O)(=O)N3CCOCC3)ccc21. The van der Waals surface area contributed by atoms with Gasteiger partial charge in [-0.15, -0.1) is 11.8 Å². The standard InChI is InChI=1S/C22H27N3O4S2/c1-3-10-25-21-9-8-19(31(26,27)24-11-13-29-14-12-24)15-20(21)23-22(25)16-30-18-6-4-17(28-2)5-7-18/h4-9,15H,3,10-14,16H2,1-2H3. The highest BCUT2D eigenvalue weighted by atomic mass is 32.2. The molecule has 1 aliphatic rings. The number of rotatable bonds is 8. The lowest BCUT2D eigenvalue weighted by Crippen LogP contribution is -2.40. The van der Waals surface area contributed by atoms with Gasteiger partial charge in [-0.1, -0.05) is 6.92 Å². The molecule has 31 heavy (non-hydrogen) atoms. The lowest BCUT2D eigenvalue weighted by molar-refractivity contribution is 0.0730. The molecule has 0 bridgehead atoms. The van der Waals surface area contributed by atoms with Crippen LogP contribution in [0, 0.1) is 0 Å². The maximum Gasteiger partial charge on any atom is 0.243 e. The molecule has 0 saturated carbocycles. The zero-order valence-corrected chi connectivity index (χ0v) is 19.4. The Morgan fingerprint density at radius 3 is 2.55 bits per heavy atom. The Kier molecular flexibility index (Phi) is 6.86. The molecule has 2 heterocycles. The van der Waals surface area contributed by atoms with E-state index in [2.05, 4.69) is 11.5 Å². The van der Waals surface area contributed by atoms with Crippen LogP contribution < -0.4 is 4.74 Å². The second-order valence-corrected chi connectivity index (χ2v) is 10.3. The van der Waals surface area contributed by atoms with Gasteiger partial charge in [0.2, 0.25) is 10.0 Å². The molecule has 9 heteroatoms. The molecule has 1 fully saturated rings. The Morgan fingerprint density at radius 1 is 1.13 bits per heavy atom. The first-order chi connectivity index (χ1) is 15.0. The van der Waals surface area contributed by atoms with Crippen LogP contribution in [0.15, 0.2) is 52.3 Å². The van der Waals surface area contributed by atoms with Gasteiger partial charge in [-0.2, -0.15) is 4.31 Å². The van der Waals surface area contributed by atoms with Crippen molar-refractivity contribution >= 4 is 32.8 Å². The van der Waals surface area contributed by atoms with Crippen molar-refractivity contribution in [3.8, 4) is 5.75 Å². The molecule has 4 rings (SSSR count). The van der Waals surface area contributed by atoms with Crippen molar-refractivity contribution in [1.29, 1.82) is 0 Å². The number of hydrogen-bond acceptors (Lipinski definition) is 6. The first-order valence-electron chi connectivity index (χ1n) is 10.4. The van der Waals surface area contributed by atoms with Crippen molar-refractivity contribution in [1.82, 2.24) is 13.9 Å². The molecule has 0 N–H and O–H groups in total. The minimum atomic E-state index is -3.54. The van der Waals surface area contributed by atoms with Gasteiger partial charge >= 0.3 is 0 Å². The van der Waals surface area contributed by atoms with E-state index in [0.717, 1.165) is 35.0 Å². The number of aromatic nitrogens is 2. The van der Waals surface area contributed by atoms with Crippen LogP contribution in [0.5, 0.6) is 5.75 Å². The molecule has 0 unspecified atom stereocenters. The minimum Gasteiger partial charge on any atom is -0.497 e. The highest BCUT2D eigenvalue weighted by Crippen LogP contribution is 2.28. The summed E-state index contributed by atoms with van der Waals surface area (Å²) in [6.07, 6.45) is 0.972. The molecule has 0 atom stereocenters. The van der Waals surface area contributed by atoms with Gasteiger partial charge < -0.3 is 14.0 Å². The highest BCUT2D eigenvalue weighted by Gasteiger charge is 2.27. The summed E-state index contributed by atoms with van der Waals surface area (Å²) >= 11 is 1.70. The molecule has 0 spiro atoms. The van der Waals surface area contributed by atoms with E-state index < -0.39 is 10.0 Å². The molecule has 3 aromatic rings. The molecule has 1 saturated heterocycles. The van der Waals surface area contributed by atoms with Gasteiger partial charge in [0, 0.05) is 24.5 Å². The van der Waals surface area contributed by atoms with Gasteiger partial charge in [0.15, 0.2) is 0 Å². The van der Waals surface area contributed by atoms with Gasteiger partial charge in [-0.25, -0.2) is 13.4 Å². The first kappa shape index (κ1) is 22.1. The molecule has 7 nitrogen and oxygen atoms in total. The van der Waals surface area contributed by atoms with E-state index in [0.29, 0.717) is 37.6 Å². The van der Waals surface area contributed by atoms with Crippen LogP contribution in [0.1, 0.15) is 19.2 Å². The van der Waals surface area contributed by atoms with Gasteiger partial charge in [0.1, 0.15) is 11.6 Å². The van der Waals surface area contributed by atoms with E-state index in [1.54, 1.807) is 31.0 Å². The predicted molar refractivity (Wildman–Crippen MR) is 122 cm³/mol. The Morgan fingerprint density at radius 2 is 1.87 bits per heavy atom. The number of nitrogens with zero attached hydrogens (tertiary/aromatic N) is 3. The third-order valence-corrected chi connectivity index (χ3v) is 8.18. The van der Waals surface area contributed by atoms with E-state index in [-0.39, 0.29) is 4.90 Å². The number of ether oxygens (including phenoxy) is 2. The number of sulfonamides is 1. The topological polar surface area (TPSA) is 73.7 Å². The van der Waals surface area contributed by atoms with Gasteiger partial charge in [0.05, 0.1) is 42.0 Å². The van der Waals surface area contributed by atoms with Crippen LogP contribution in [0.4, 0.5) is 0 Å². The average molecular weight is 462 g/mol. The predicted octanol–water partition coefficient (Wildman–Crippen LogP) is 3.77. The summed E-state index contributed by atoms with van der Waals surface area (Å²) in [4.78, 5) is 6.23. The number of hydrogen-bond donors (Lipinski definition) is 0. The van der Waals surface area contributed by atoms with Crippen molar-refractivity contribution in [2.24, 2.45) is 0 Å². The average Bonchev–Trinajstić information content (AvgIpc) is 3.15. The number of fused-ring (bicyclic) bond motifs is 1. The summed E-state index contributed by atoms with van der Waals surface area (Å²) in [5.74, 6) is 2.47. The fourth-order valence-corrected chi connectivity index (χ4v) is 5.93. The minimum absolute atomic E-state index is 0.289. The van der Waals surface area contributed by atoms with E-state index in [1.165, 1.54) is 4.31 Å². The molecule has 166 valence electrons. The maximum absolute atomic E-state index is 13.0. The van der Waals surface area contributed by atoms with Gasteiger partial charge in [0.25, 0.3) is 0 Å². The van der Waals surface area contributed by atoms with E-state index >= 15 is 0 Å². The largest absolute Gasteiger partial charge is 0.497 e. The molecule has 2 aromatic carbocycles. The van der Waals surface area contributed by atoms with Gasteiger partial charge in [-0.3, -0.25) is 0 Å². The van der Waals surface area contributed by atoms with Crippen molar-refractivity contribution in [2.45, 2.75) is 35.4 Å². The van der Waals surface area contributed by atoms with E-state index in [4.69, 9.17) is 14.5 Å². The molecular formula is C22H27N3O4S2. The van der Waals surface area contributed by atoms with E-state index in [9.17, 15) is 8.42 Å². The number of imidazole rings is 1. The van der Waals surface area contributed by atoms with Crippen LogP contribution in [-0.2, 0) is 27.1 Å². The highest BCUT2D eigenvalue weighted by molar-refractivity contribution is 7.98. The van der Waals surface area contributed by atoms with Crippen LogP contribution in [0.3, 0.4) is 0 Å². The Labute approximate surface area is 187 Å². The first-order valence-corrected chi connectivity index (χ1v) is 12.8. The monoisotopic (exact) mass is 461 g/mol. The molecular weight excluding hydrogens is 434 g/mol. The van der Waals surface area contributed by atoms with Crippen molar-refractivity contribution in [2.75, 3.05) is 33.4 Å². The van der Waals surface area contributed by atoms with Crippen molar-refractivity contribution < 1.29 is 17.9 Å². The lowest BCUT2D eigenvalue weighted by atomic mass is 10.3. The molecule has 1 aliphatic heterocycles. The number of morpholine rings is 1. The van der Waals surface area contributed by atoms with Crippen LogP contribution in [-0.4, -0.2) is 55.7 Å². The number of aryl methyl sites for hydroxylation is 1. The second kappa shape index (κ2) is 9.60. The summed E-state index contributed by atoms with van der Waals surface area (Å²) < 4.78 is 40.3. The number of methoxy groups -OCH3 is 1. The molecule has 1 aromatic heterocycles. The fourth-order valence-electron chi connectivity index (χ4n) is 3.66. The van der Waals surface area contributed by atoms with Crippen molar-refractivity contribution in [3.05, 3.63) is 48.3 Å². The molecule has 0 amide bonds. The zero-order valence-electron chi connectivity index (χ0n) is 17.8. The second-order valence-electron chi connectivity index (χ2n) is 7.31. The molecule has 0 radical (unpaired) electrons. The Bertz CT molecular complexity index is 1140.